The Hall–Kier alpha value is -3.42. The van der Waals surface area contributed by atoms with Crippen LogP contribution in [-0.4, -0.2) is 30.5 Å². The Morgan fingerprint density at radius 2 is 1.82 bits per heavy atom. The monoisotopic (exact) mass is 385 g/mol. The molecule has 0 bridgehead atoms. The lowest BCUT2D eigenvalue weighted by molar-refractivity contribution is -0.383. The molecule has 0 spiro atoms. The van der Waals surface area contributed by atoms with Gasteiger partial charge in [0.15, 0.2) is 0 Å². The number of nitro benzene ring substituents is 1. The molecule has 1 amide bonds. The maximum absolute atomic E-state index is 12.2. The van der Waals surface area contributed by atoms with Crippen LogP contribution in [-0.2, 0) is 9.53 Å². The smallest absolute Gasteiger partial charge is 0.305 e. The maximum Gasteiger partial charge on any atom is 0.305 e. The lowest BCUT2D eigenvalue weighted by Gasteiger charge is -2.09. The molecule has 0 atom stereocenters. The van der Waals surface area contributed by atoms with Gasteiger partial charge in [-0.1, -0.05) is 24.6 Å². The third-order valence-electron chi connectivity index (χ3n) is 4.08. The van der Waals surface area contributed by atoms with E-state index in [-0.39, 0.29) is 23.1 Å². The van der Waals surface area contributed by atoms with Gasteiger partial charge in [0.1, 0.15) is 5.69 Å². The van der Waals surface area contributed by atoms with E-state index in [1.54, 1.807) is 18.2 Å². The molecule has 0 fully saturated rings. The van der Waals surface area contributed by atoms with Crippen molar-refractivity contribution in [1.29, 1.82) is 0 Å². The summed E-state index contributed by atoms with van der Waals surface area (Å²) in [6, 6.07) is 13.4. The third kappa shape index (κ3) is 6.39. The summed E-state index contributed by atoms with van der Waals surface area (Å²) in [7, 11) is 1.35. The minimum atomic E-state index is -0.519. The molecular formula is C20H23N3O5. The van der Waals surface area contributed by atoms with Crippen molar-refractivity contribution in [2.75, 3.05) is 19.0 Å². The number of esters is 1. The van der Waals surface area contributed by atoms with Crippen molar-refractivity contribution in [2.24, 2.45) is 0 Å². The number of carbonyl (C=O) groups is 2. The van der Waals surface area contributed by atoms with Crippen LogP contribution in [0.3, 0.4) is 0 Å². The molecule has 148 valence electrons. The van der Waals surface area contributed by atoms with Crippen molar-refractivity contribution >= 4 is 28.9 Å². The lowest BCUT2D eigenvalue weighted by Crippen LogP contribution is -2.24. The van der Waals surface area contributed by atoms with Gasteiger partial charge in [0.25, 0.3) is 11.6 Å². The molecule has 0 aliphatic rings. The number of hydrogen-bond donors (Lipinski definition) is 2. The second-order valence-electron chi connectivity index (χ2n) is 6.12. The number of nitrogens with one attached hydrogen (secondary N) is 2. The molecule has 0 radical (unpaired) electrons. The van der Waals surface area contributed by atoms with E-state index in [0.29, 0.717) is 31.5 Å². The summed E-state index contributed by atoms with van der Waals surface area (Å²) in [5, 5.41) is 17.1. The van der Waals surface area contributed by atoms with Crippen LogP contribution in [0.2, 0.25) is 0 Å². The Balaban J connectivity index is 1.92. The highest BCUT2D eigenvalue weighted by Gasteiger charge is 2.17. The number of anilines is 2. The summed E-state index contributed by atoms with van der Waals surface area (Å²) in [5.74, 6) is -0.622. The molecule has 28 heavy (non-hydrogen) atoms. The predicted octanol–water partition coefficient (Wildman–Crippen LogP) is 3.80. The molecule has 0 saturated carbocycles. The van der Waals surface area contributed by atoms with Crippen molar-refractivity contribution in [2.45, 2.75) is 25.7 Å². The number of para-hydroxylation sites is 1. The van der Waals surface area contributed by atoms with E-state index < -0.39 is 4.92 Å². The van der Waals surface area contributed by atoms with Crippen LogP contribution in [0.1, 0.15) is 36.0 Å². The second-order valence-corrected chi connectivity index (χ2v) is 6.12. The zero-order valence-electron chi connectivity index (χ0n) is 15.6. The Kier molecular flexibility index (Phi) is 7.95. The Bertz CT molecular complexity index is 824. The van der Waals surface area contributed by atoms with Crippen molar-refractivity contribution in [3.8, 4) is 0 Å². The molecule has 2 N–H and O–H groups in total. The Morgan fingerprint density at radius 3 is 2.50 bits per heavy atom. The van der Waals surface area contributed by atoms with Gasteiger partial charge in [-0.2, -0.15) is 0 Å². The van der Waals surface area contributed by atoms with Crippen molar-refractivity contribution in [3.63, 3.8) is 0 Å². The second kappa shape index (κ2) is 10.7. The number of hydrogen-bond acceptors (Lipinski definition) is 6. The summed E-state index contributed by atoms with van der Waals surface area (Å²) in [6.45, 7) is 0.428. The fourth-order valence-corrected chi connectivity index (χ4v) is 2.58. The largest absolute Gasteiger partial charge is 0.469 e. The SMILES string of the molecule is COC(=O)CCCCCNC(=O)c1ccc(Nc2ccccc2)c([N+](=O)[O-])c1. The quantitative estimate of drug-likeness (QED) is 0.278. The fourth-order valence-electron chi connectivity index (χ4n) is 2.58. The molecule has 2 aromatic rings. The van der Waals surface area contributed by atoms with Gasteiger partial charge in [-0.15, -0.1) is 0 Å². The highest BCUT2D eigenvalue weighted by molar-refractivity contribution is 5.95. The summed E-state index contributed by atoms with van der Waals surface area (Å²) in [6.07, 6.45) is 2.52. The van der Waals surface area contributed by atoms with E-state index in [2.05, 4.69) is 15.4 Å². The van der Waals surface area contributed by atoms with Gasteiger partial charge in [-0.3, -0.25) is 19.7 Å². The topological polar surface area (TPSA) is 111 Å². The van der Waals surface area contributed by atoms with Crippen LogP contribution in [0.5, 0.6) is 0 Å². The van der Waals surface area contributed by atoms with Crippen molar-refractivity contribution in [1.82, 2.24) is 5.32 Å². The van der Waals surface area contributed by atoms with E-state index in [0.717, 1.165) is 12.1 Å². The number of ether oxygens (including phenoxy) is 1. The molecule has 2 rings (SSSR count). The molecule has 8 nitrogen and oxygen atoms in total. The first-order valence-corrected chi connectivity index (χ1v) is 8.97. The first-order chi connectivity index (χ1) is 13.5. The average Bonchev–Trinajstić information content (AvgIpc) is 2.71. The number of amides is 1. The van der Waals surface area contributed by atoms with Gasteiger partial charge < -0.3 is 15.4 Å². The van der Waals surface area contributed by atoms with E-state index in [1.165, 1.54) is 19.2 Å². The van der Waals surface area contributed by atoms with Gasteiger partial charge in [0, 0.05) is 30.3 Å². The third-order valence-corrected chi connectivity index (χ3v) is 4.08. The minimum Gasteiger partial charge on any atom is -0.469 e. The van der Waals surface area contributed by atoms with E-state index >= 15 is 0 Å². The number of unbranched alkanes of at least 4 members (excludes halogenated alkanes) is 2. The number of benzene rings is 2. The predicted molar refractivity (Wildman–Crippen MR) is 106 cm³/mol. The fraction of sp³-hybridized carbons (Fsp3) is 0.300. The average molecular weight is 385 g/mol. The van der Waals surface area contributed by atoms with Gasteiger partial charge in [-0.05, 0) is 37.1 Å². The van der Waals surface area contributed by atoms with Gasteiger partial charge in [0.05, 0.1) is 12.0 Å². The molecule has 8 heteroatoms. The number of rotatable bonds is 10. The van der Waals surface area contributed by atoms with Gasteiger partial charge in [0.2, 0.25) is 0 Å². The Morgan fingerprint density at radius 1 is 1.07 bits per heavy atom. The summed E-state index contributed by atoms with van der Waals surface area (Å²) in [5.41, 5.74) is 1.08. The Labute approximate surface area is 163 Å². The number of methoxy groups -OCH3 is 1. The zero-order chi connectivity index (χ0) is 20.4. The minimum absolute atomic E-state index is 0.172. The maximum atomic E-state index is 12.2. The van der Waals surface area contributed by atoms with Gasteiger partial charge in [-0.25, -0.2) is 0 Å². The van der Waals surface area contributed by atoms with Crippen molar-refractivity contribution in [3.05, 3.63) is 64.2 Å². The standard InChI is InChI=1S/C20H23N3O5/c1-28-19(24)10-6-3-7-13-21-20(25)15-11-12-17(18(14-15)23(26)27)22-16-8-4-2-5-9-16/h2,4-5,8-9,11-12,14,22H,3,6-7,10,13H2,1H3,(H,21,25). The van der Waals surface area contributed by atoms with Gasteiger partial charge >= 0.3 is 5.97 Å². The first kappa shape index (κ1) is 20.9. The molecule has 0 saturated heterocycles. The number of nitrogens with zero attached hydrogens (tertiary/aromatic N) is 1. The van der Waals surface area contributed by atoms with E-state index in [4.69, 9.17) is 0 Å². The van der Waals surface area contributed by atoms with Crippen LogP contribution in [0.25, 0.3) is 0 Å². The normalized spacial score (nSPS) is 10.2. The molecule has 0 unspecified atom stereocenters. The van der Waals surface area contributed by atoms with Crippen molar-refractivity contribution < 1.29 is 19.2 Å². The van der Waals surface area contributed by atoms with Crippen LogP contribution < -0.4 is 10.6 Å². The highest BCUT2D eigenvalue weighted by Crippen LogP contribution is 2.28. The number of carbonyl (C=O) groups excluding carboxylic acids is 2. The highest BCUT2D eigenvalue weighted by atomic mass is 16.6. The number of nitro groups is 1. The van der Waals surface area contributed by atoms with E-state index in [1.807, 2.05) is 18.2 Å². The molecule has 0 aliphatic heterocycles. The van der Waals surface area contributed by atoms with Crippen LogP contribution in [0.15, 0.2) is 48.5 Å². The summed E-state index contributed by atoms with van der Waals surface area (Å²) >= 11 is 0. The first-order valence-electron chi connectivity index (χ1n) is 8.97. The molecule has 2 aromatic carbocycles. The summed E-state index contributed by atoms with van der Waals surface area (Å²) in [4.78, 5) is 34.1. The molecule has 0 heterocycles. The van der Waals surface area contributed by atoms with Crippen LogP contribution in [0, 0.1) is 10.1 Å². The molecule has 0 aliphatic carbocycles. The summed E-state index contributed by atoms with van der Waals surface area (Å²) < 4.78 is 4.56. The van der Waals surface area contributed by atoms with Crippen LogP contribution in [0.4, 0.5) is 17.1 Å². The molecule has 0 aromatic heterocycles. The zero-order valence-corrected chi connectivity index (χ0v) is 15.6. The van der Waals surface area contributed by atoms with E-state index in [9.17, 15) is 19.7 Å². The lowest BCUT2D eigenvalue weighted by atomic mass is 10.1. The van der Waals surface area contributed by atoms with Crippen LogP contribution >= 0.6 is 0 Å². The molecular weight excluding hydrogens is 362 g/mol.